The van der Waals surface area contributed by atoms with Gasteiger partial charge in [0.15, 0.2) is 5.69 Å². The van der Waals surface area contributed by atoms with Gasteiger partial charge in [0.05, 0.1) is 19.6 Å². The van der Waals surface area contributed by atoms with Crippen LogP contribution < -0.4 is 15.4 Å². The van der Waals surface area contributed by atoms with Gasteiger partial charge in [-0.3, -0.25) is 9.59 Å². The number of amides is 2. The summed E-state index contributed by atoms with van der Waals surface area (Å²) in [5.41, 5.74) is 2.00. The predicted molar refractivity (Wildman–Crippen MR) is 129 cm³/mol. The number of benzene rings is 2. The zero-order valence-electron chi connectivity index (χ0n) is 20.1. The topological polar surface area (TPSA) is 85.2 Å². The van der Waals surface area contributed by atoms with Crippen molar-refractivity contribution in [2.24, 2.45) is 5.92 Å². The Morgan fingerprint density at radius 3 is 2.38 bits per heavy atom. The lowest BCUT2D eigenvalue weighted by Crippen LogP contribution is -2.39. The van der Waals surface area contributed by atoms with Gasteiger partial charge in [0.25, 0.3) is 5.91 Å². The number of carbonyl (C=O) groups excluding carboxylic acids is 2. The summed E-state index contributed by atoms with van der Waals surface area (Å²) in [4.78, 5) is 25.9. The number of methoxy groups -OCH3 is 1. The van der Waals surface area contributed by atoms with Crippen molar-refractivity contribution in [1.29, 1.82) is 0 Å². The molecule has 0 bridgehead atoms. The summed E-state index contributed by atoms with van der Waals surface area (Å²) in [5, 5.41) is 10.2. The third kappa shape index (κ3) is 5.81. The molecule has 3 rings (SSSR count). The Kier molecular flexibility index (Phi) is 8.04. The van der Waals surface area contributed by atoms with Crippen LogP contribution in [0.1, 0.15) is 54.8 Å². The first-order valence-electron chi connectivity index (χ1n) is 11.3. The molecule has 8 heteroatoms. The molecule has 0 saturated heterocycles. The van der Waals surface area contributed by atoms with Crippen molar-refractivity contribution in [1.82, 2.24) is 20.4 Å². The molecule has 2 N–H and O–H groups in total. The second-order valence-corrected chi connectivity index (χ2v) is 8.62. The maximum Gasteiger partial charge on any atom is 0.272 e. The van der Waals surface area contributed by atoms with Gasteiger partial charge in [-0.2, -0.15) is 9.78 Å². The molecule has 3 aromatic rings. The number of hydrogen-bond donors (Lipinski definition) is 2. The normalized spacial score (nSPS) is 12.8. The van der Waals surface area contributed by atoms with Gasteiger partial charge in [-0.25, -0.2) is 4.39 Å². The molecule has 0 radical (unpaired) electrons. The Morgan fingerprint density at radius 1 is 1.06 bits per heavy atom. The summed E-state index contributed by atoms with van der Waals surface area (Å²) in [7, 11) is 1.42. The van der Waals surface area contributed by atoms with E-state index < -0.39 is 17.8 Å². The number of rotatable bonds is 9. The second kappa shape index (κ2) is 11.0. The van der Waals surface area contributed by atoms with Gasteiger partial charge in [0.1, 0.15) is 11.5 Å². The summed E-state index contributed by atoms with van der Waals surface area (Å²) in [6.45, 7) is 7.94. The van der Waals surface area contributed by atoms with Crippen molar-refractivity contribution >= 4 is 11.8 Å². The molecule has 0 saturated carbocycles. The molecule has 1 aromatic heterocycles. The predicted octanol–water partition coefficient (Wildman–Crippen LogP) is 4.35. The molecule has 180 valence electrons. The Hall–Kier alpha value is -3.68. The Morgan fingerprint density at radius 2 is 1.74 bits per heavy atom. The summed E-state index contributed by atoms with van der Waals surface area (Å²) in [6.07, 6.45) is 0.0683. The lowest BCUT2D eigenvalue weighted by molar-refractivity contribution is -0.122. The van der Waals surface area contributed by atoms with Crippen molar-refractivity contribution in [3.8, 4) is 11.6 Å². The number of nitrogens with one attached hydrogen (secondary N) is 2. The number of carbonyl (C=O) groups is 2. The molecule has 1 heterocycles. The molecule has 0 fully saturated rings. The van der Waals surface area contributed by atoms with E-state index in [1.165, 1.54) is 23.9 Å². The highest BCUT2D eigenvalue weighted by Gasteiger charge is 2.24. The Labute approximate surface area is 199 Å². The monoisotopic (exact) mass is 466 g/mol. The third-order valence-corrected chi connectivity index (χ3v) is 5.85. The largest absolute Gasteiger partial charge is 0.481 e. The quantitative estimate of drug-likeness (QED) is 0.491. The maximum absolute atomic E-state index is 14.3. The highest BCUT2D eigenvalue weighted by Crippen LogP contribution is 2.24. The zero-order valence-corrected chi connectivity index (χ0v) is 20.1. The summed E-state index contributed by atoms with van der Waals surface area (Å²) in [5.74, 6) is -0.656. The highest BCUT2D eigenvalue weighted by atomic mass is 19.1. The number of hydrogen-bond acceptors (Lipinski definition) is 4. The van der Waals surface area contributed by atoms with Crippen molar-refractivity contribution in [3.63, 3.8) is 0 Å². The van der Waals surface area contributed by atoms with E-state index >= 15 is 0 Å². The summed E-state index contributed by atoms with van der Waals surface area (Å²) in [6, 6.07) is 14.5. The molecule has 34 heavy (non-hydrogen) atoms. The first-order chi connectivity index (χ1) is 16.2. The summed E-state index contributed by atoms with van der Waals surface area (Å²) < 4.78 is 20.9. The van der Waals surface area contributed by atoms with Crippen molar-refractivity contribution in [2.45, 2.75) is 46.2 Å². The van der Waals surface area contributed by atoms with Crippen LogP contribution in [0.4, 0.5) is 4.39 Å². The maximum atomic E-state index is 14.3. The lowest BCUT2D eigenvalue weighted by atomic mass is 9.97. The van der Waals surface area contributed by atoms with E-state index in [4.69, 9.17) is 4.74 Å². The SMILES string of the molecule is COc1cc(C(=O)N[C@@H](CC(=O)N[C@H](C)C(C)C)c2ccccc2C)nn1-c1ccccc1F. The number of aromatic nitrogens is 2. The fourth-order valence-electron chi connectivity index (χ4n) is 3.53. The fourth-order valence-corrected chi connectivity index (χ4v) is 3.53. The average Bonchev–Trinajstić information content (AvgIpc) is 3.23. The molecule has 2 amide bonds. The van der Waals surface area contributed by atoms with E-state index in [0.717, 1.165) is 11.1 Å². The molecule has 7 nitrogen and oxygen atoms in total. The Bertz CT molecular complexity index is 1160. The smallest absolute Gasteiger partial charge is 0.272 e. The standard InChI is InChI=1S/C26H31FN4O3/c1-16(2)18(4)28-24(32)14-21(19-11-7-6-10-17(19)3)29-26(33)22-15-25(34-5)31(30-22)23-13-9-8-12-20(23)27/h6-13,15-16,18,21H,14H2,1-5H3,(H,28,32)(H,29,33)/t18-,21+/m1/s1. The third-order valence-electron chi connectivity index (χ3n) is 5.85. The van der Waals surface area contributed by atoms with Gasteiger partial charge in [-0.05, 0) is 43.0 Å². The van der Waals surface area contributed by atoms with E-state index in [2.05, 4.69) is 15.7 Å². The van der Waals surface area contributed by atoms with Crippen LogP contribution in [0.2, 0.25) is 0 Å². The van der Waals surface area contributed by atoms with Crippen LogP contribution in [0.5, 0.6) is 5.88 Å². The van der Waals surface area contributed by atoms with Crippen LogP contribution in [0, 0.1) is 18.7 Å². The van der Waals surface area contributed by atoms with Crippen LogP contribution in [0.15, 0.2) is 54.6 Å². The molecular formula is C26H31FN4O3. The van der Waals surface area contributed by atoms with Crippen molar-refractivity contribution in [3.05, 3.63) is 77.2 Å². The molecule has 0 aliphatic rings. The van der Waals surface area contributed by atoms with E-state index in [0.29, 0.717) is 0 Å². The molecule has 0 spiro atoms. The lowest BCUT2D eigenvalue weighted by Gasteiger charge is -2.23. The van der Waals surface area contributed by atoms with Gasteiger partial charge in [0, 0.05) is 12.1 Å². The molecule has 2 aromatic carbocycles. The van der Waals surface area contributed by atoms with E-state index in [9.17, 15) is 14.0 Å². The summed E-state index contributed by atoms with van der Waals surface area (Å²) >= 11 is 0. The van der Waals surface area contributed by atoms with Gasteiger partial charge in [-0.1, -0.05) is 50.2 Å². The fraction of sp³-hybridized carbons (Fsp3) is 0.346. The minimum absolute atomic E-state index is 0.00134. The number of nitrogens with zero attached hydrogens (tertiary/aromatic N) is 2. The minimum Gasteiger partial charge on any atom is -0.481 e. The molecule has 0 unspecified atom stereocenters. The van der Waals surface area contributed by atoms with Crippen LogP contribution >= 0.6 is 0 Å². The van der Waals surface area contributed by atoms with Gasteiger partial charge in [0.2, 0.25) is 11.8 Å². The first kappa shape index (κ1) is 25.0. The zero-order chi connectivity index (χ0) is 24.8. The van der Waals surface area contributed by atoms with E-state index in [1.54, 1.807) is 18.2 Å². The minimum atomic E-state index is -0.572. The van der Waals surface area contributed by atoms with Crippen molar-refractivity contribution < 1.29 is 18.7 Å². The van der Waals surface area contributed by atoms with Crippen LogP contribution in [-0.2, 0) is 4.79 Å². The highest BCUT2D eigenvalue weighted by molar-refractivity contribution is 5.93. The molecule has 2 atom stereocenters. The first-order valence-corrected chi connectivity index (χ1v) is 11.3. The van der Waals surface area contributed by atoms with E-state index in [-0.39, 0.29) is 41.5 Å². The van der Waals surface area contributed by atoms with Crippen LogP contribution in [0.3, 0.4) is 0 Å². The van der Waals surface area contributed by atoms with Crippen LogP contribution in [0.25, 0.3) is 5.69 Å². The van der Waals surface area contributed by atoms with Gasteiger partial charge >= 0.3 is 0 Å². The number of aryl methyl sites for hydroxylation is 1. The molecular weight excluding hydrogens is 435 g/mol. The number of para-hydroxylation sites is 1. The average molecular weight is 467 g/mol. The van der Waals surface area contributed by atoms with Gasteiger partial charge in [-0.15, -0.1) is 0 Å². The number of halogens is 1. The van der Waals surface area contributed by atoms with Crippen molar-refractivity contribution in [2.75, 3.05) is 7.11 Å². The van der Waals surface area contributed by atoms with Crippen LogP contribution in [-0.4, -0.2) is 34.7 Å². The molecule has 0 aliphatic heterocycles. The second-order valence-electron chi connectivity index (χ2n) is 8.62. The van der Waals surface area contributed by atoms with Gasteiger partial charge < -0.3 is 15.4 Å². The Balaban J connectivity index is 1.88. The number of ether oxygens (including phenoxy) is 1. The van der Waals surface area contributed by atoms with E-state index in [1.807, 2.05) is 52.0 Å². The molecule has 0 aliphatic carbocycles.